The van der Waals surface area contributed by atoms with Crippen molar-refractivity contribution in [3.05, 3.63) is 35.2 Å². The van der Waals surface area contributed by atoms with E-state index in [2.05, 4.69) is 15.2 Å². The predicted molar refractivity (Wildman–Crippen MR) is 112 cm³/mol. The van der Waals surface area contributed by atoms with Gasteiger partial charge >= 0.3 is 0 Å². The van der Waals surface area contributed by atoms with Crippen molar-refractivity contribution in [1.82, 2.24) is 9.88 Å². The lowest BCUT2D eigenvalue weighted by molar-refractivity contribution is -0.121. The Morgan fingerprint density at radius 3 is 2.56 bits per heavy atom. The Labute approximate surface area is 166 Å². The van der Waals surface area contributed by atoms with Crippen LogP contribution in [0.4, 0.5) is 5.69 Å². The number of amides is 1. The number of carbonyl (C=O) groups excluding carboxylic acids is 1. The molecule has 1 aromatic carbocycles. The predicted octanol–water partition coefficient (Wildman–Crippen LogP) is 5.18. The first-order valence-corrected chi connectivity index (χ1v) is 11.3. The quantitative estimate of drug-likeness (QED) is 0.740. The van der Waals surface area contributed by atoms with E-state index < -0.39 is 0 Å². The lowest BCUT2D eigenvalue weighted by Gasteiger charge is -2.37. The second-order valence-corrected chi connectivity index (χ2v) is 8.62. The summed E-state index contributed by atoms with van der Waals surface area (Å²) in [5.74, 6) is 0.306. The van der Waals surface area contributed by atoms with Crippen molar-refractivity contribution in [3.63, 3.8) is 0 Å². The minimum Gasteiger partial charge on any atom is -0.326 e. The highest BCUT2D eigenvalue weighted by molar-refractivity contribution is 7.07. The van der Waals surface area contributed by atoms with E-state index in [1.807, 2.05) is 35.2 Å². The van der Waals surface area contributed by atoms with Gasteiger partial charge in [-0.15, -0.1) is 11.3 Å². The van der Waals surface area contributed by atoms with Crippen molar-refractivity contribution in [2.24, 2.45) is 5.92 Å². The van der Waals surface area contributed by atoms with Crippen LogP contribution in [0.25, 0.3) is 11.3 Å². The maximum Gasteiger partial charge on any atom is 0.227 e. The molecule has 0 unspecified atom stereocenters. The molecule has 2 fully saturated rings. The van der Waals surface area contributed by atoms with Crippen LogP contribution in [0.1, 0.15) is 51.4 Å². The highest BCUT2D eigenvalue weighted by atomic mass is 32.1. The smallest absolute Gasteiger partial charge is 0.227 e. The van der Waals surface area contributed by atoms with Gasteiger partial charge in [0.1, 0.15) is 0 Å². The SMILES string of the molecule is O=C(Nc1cccc(-c2cscn2)c1)C1CCN(C2CCCCCC2)CC1. The van der Waals surface area contributed by atoms with Crippen molar-refractivity contribution >= 4 is 22.9 Å². The molecule has 2 aromatic rings. The highest BCUT2D eigenvalue weighted by Crippen LogP contribution is 2.28. The van der Waals surface area contributed by atoms with E-state index in [-0.39, 0.29) is 11.8 Å². The van der Waals surface area contributed by atoms with Crippen LogP contribution in [0, 0.1) is 5.92 Å². The molecule has 5 heteroatoms. The maximum absolute atomic E-state index is 12.8. The third-order valence-electron chi connectivity index (χ3n) is 6.10. The minimum absolute atomic E-state index is 0.134. The van der Waals surface area contributed by atoms with Crippen LogP contribution in [0.15, 0.2) is 35.2 Å². The second kappa shape index (κ2) is 8.98. The molecule has 4 nitrogen and oxygen atoms in total. The molecule has 2 aliphatic rings. The van der Waals surface area contributed by atoms with E-state index in [1.54, 1.807) is 11.3 Å². The Bertz CT molecular complexity index is 730. The molecule has 0 spiro atoms. The third kappa shape index (κ3) is 4.77. The third-order valence-corrected chi connectivity index (χ3v) is 6.69. The fourth-order valence-corrected chi connectivity index (χ4v) is 5.07. The zero-order valence-electron chi connectivity index (χ0n) is 15.9. The zero-order chi connectivity index (χ0) is 18.5. The van der Waals surface area contributed by atoms with Gasteiger partial charge in [0.15, 0.2) is 0 Å². The van der Waals surface area contributed by atoms with Crippen LogP contribution < -0.4 is 5.32 Å². The molecule has 144 valence electrons. The van der Waals surface area contributed by atoms with Crippen LogP contribution >= 0.6 is 11.3 Å². The summed E-state index contributed by atoms with van der Waals surface area (Å²) in [4.78, 5) is 19.8. The Morgan fingerprint density at radius 1 is 1.07 bits per heavy atom. The maximum atomic E-state index is 12.8. The fourth-order valence-electron chi connectivity index (χ4n) is 4.51. The van der Waals surface area contributed by atoms with Gasteiger partial charge in [0.05, 0.1) is 11.2 Å². The summed E-state index contributed by atoms with van der Waals surface area (Å²) in [6, 6.07) is 8.77. The molecule has 1 aliphatic heterocycles. The first-order chi connectivity index (χ1) is 13.3. The summed E-state index contributed by atoms with van der Waals surface area (Å²) in [5, 5.41) is 5.17. The number of rotatable bonds is 4. The van der Waals surface area contributed by atoms with Crippen LogP contribution in [0.5, 0.6) is 0 Å². The molecule has 2 heterocycles. The topological polar surface area (TPSA) is 45.2 Å². The first kappa shape index (κ1) is 18.6. The molecule has 0 bridgehead atoms. The molecule has 27 heavy (non-hydrogen) atoms. The molecule has 0 radical (unpaired) electrons. The normalized spacial score (nSPS) is 20.3. The van der Waals surface area contributed by atoms with E-state index >= 15 is 0 Å². The number of hydrogen-bond acceptors (Lipinski definition) is 4. The molecule has 1 N–H and O–H groups in total. The molecular formula is C22H29N3OS. The number of thiazole rings is 1. The number of anilines is 1. The van der Waals surface area contributed by atoms with Gasteiger partial charge in [0, 0.05) is 28.6 Å². The largest absolute Gasteiger partial charge is 0.326 e. The average Bonchev–Trinajstić information content (AvgIpc) is 3.11. The molecule has 0 atom stereocenters. The van der Waals surface area contributed by atoms with Crippen molar-refractivity contribution in [1.29, 1.82) is 0 Å². The van der Waals surface area contributed by atoms with Gasteiger partial charge < -0.3 is 10.2 Å². The van der Waals surface area contributed by atoms with Crippen LogP contribution in [-0.2, 0) is 4.79 Å². The number of nitrogens with one attached hydrogen (secondary N) is 1. The van der Waals surface area contributed by atoms with Crippen molar-refractivity contribution in [2.45, 2.75) is 57.4 Å². The van der Waals surface area contributed by atoms with Crippen LogP contribution in [0.3, 0.4) is 0 Å². The van der Waals surface area contributed by atoms with Gasteiger partial charge in [-0.05, 0) is 50.9 Å². The summed E-state index contributed by atoms with van der Waals surface area (Å²) in [6.07, 6.45) is 10.2. The number of likely N-dealkylation sites (tertiary alicyclic amines) is 1. The lowest BCUT2D eigenvalue weighted by atomic mass is 9.93. The second-order valence-electron chi connectivity index (χ2n) is 7.90. The number of piperidine rings is 1. The molecule has 1 amide bonds. The van der Waals surface area contributed by atoms with Gasteiger partial charge in [0.2, 0.25) is 5.91 Å². The Hall–Kier alpha value is -1.72. The average molecular weight is 384 g/mol. The minimum atomic E-state index is 0.134. The number of hydrogen-bond donors (Lipinski definition) is 1. The van der Waals surface area contributed by atoms with E-state index in [1.165, 1.54) is 38.5 Å². The molecule has 1 saturated heterocycles. The summed E-state index contributed by atoms with van der Waals surface area (Å²) in [5.41, 5.74) is 4.73. The number of nitrogens with zero attached hydrogens (tertiary/aromatic N) is 2. The molecule has 4 rings (SSSR count). The lowest BCUT2D eigenvalue weighted by Crippen LogP contribution is -2.43. The summed E-state index contributed by atoms with van der Waals surface area (Å²) < 4.78 is 0. The summed E-state index contributed by atoms with van der Waals surface area (Å²) in [7, 11) is 0. The van der Waals surface area contributed by atoms with E-state index in [0.29, 0.717) is 0 Å². The zero-order valence-corrected chi connectivity index (χ0v) is 16.7. The van der Waals surface area contributed by atoms with Crippen LogP contribution in [0.2, 0.25) is 0 Å². The molecule has 1 saturated carbocycles. The van der Waals surface area contributed by atoms with E-state index in [0.717, 1.165) is 48.9 Å². The summed E-state index contributed by atoms with van der Waals surface area (Å²) >= 11 is 1.59. The van der Waals surface area contributed by atoms with Crippen molar-refractivity contribution in [3.8, 4) is 11.3 Å². The van der Waals surface area contributed by atoms with Gasteiger partial charge in [-0.3, -0.25) is 4.79 Å². The Morgan fingerprint density at radius 2 is 1.85 bits per heavy atom. The summed E-state index contributed by atoms with van der Waals surface area (Å²) in [6.45, 7) is 2.14. The van der Waals surface area contributed by atoms with Crippen LogP contribution in [-0.4, -0.2) is 34.9 Å². The number of aromatic nitrogens is 1. The van der Waals surface area contributed by atoms with E-state index in [9.17, 15) is 4.79 Å². The molecule has 1 aromatic heterocycles. The fraction of sp³-hybridized carbons (Fsp3) is 0.545. The van der Waals surface area contributed by atoms with Crippen molar-refractivity contribution < 1.29 is 4.79 Å². The van der Waals surface area contributed by atoms with Gasteiger partial charge in [-0.25, -0.2) is 4.98 Å². The Kier molecular flexibility index (Phi) is 6.20. The number of carbonyl (C=O) groups is 1. The first-order valence-electron chi connectivity index (χ1n) is 10.3. The Balaban J connectivity index is 1.31. The standard InChI is InChI=1S/C22H29N3OS/c26-22(24-19-7-5-6-18(14-19)21-15-27-16-23-21)17-10-12-25(13-11-17)20-8-3-1-2-4-9-20/h5-7,14-17,20H,1-4,8-13H2,(H,24,26). The monoisotopic (exact) mass is 383 g/mol. The van der Waals surface area contributed by atoms with Crippen molar-refractivity contribution in [2.75, 3.05) is 18.4 Å². The van der Waals surface area contributed by atoms with E-state index in [4.69, 9.17) is 0 Å². The molecule has 1 aliphatic carbocycles. The highest BCUT2D eigenvalue weighted by Gasteiger charge is 2.29. The van der Waals surface area contributed by atoms with Gasteiger partial charge in [-0.1, -0.05) is 37.8 Å². The van der Waals surface area contributed by atoms with Gasteiger partial charge in [0.25, 0.3) is 0 Å². The van der Waals surface area contributed by atoms with Gasteiger partial charge in [-0.2, -0.15) is 0 Å². The number of benzene rings is 1. The molecular weight excluding hydrogens is 354 g/mol.